The Kier molecular flexibility index (Phi) is 3.40. The number of fused-ring (bicyclic) bond motifs is 1. The second-order valence-corrected chi connectivity index (χ2v) is 6.07. The Morgan fingerprint density at radius 2 is 2.05 bits per heavy atom. The van der Waals surface area contributed by atoms with Crippen LogP contribution in [0.3, 0.4) is 0 Å². The molecule has 0 unspecified atom stereocenters. The van der Waals surface area contributed by atoms with E-state index in [1.807, 2.05) is 18.2 Å². The molecule has 1 aromatic heterocycles. The largest absolute Gasteiger partial charge is 0.417 e. The van der Waals surface area contributed by atoms with Crippen molar-refractivity contribution in [2.75, 3.05) is 26.2 Å². The molecule has 0 atom stereocenters. The van der Waals surface area contributed by atoms with Crippen LogP contribution in [0.2, 0.25) is 0 Å². The van der Waals surface area contributed by atoms with E-state index in [1.54, 1.807) is 0 Å². The molecule has 5 nitrogen and oxygen atoms in total. The van der Waals surface area contributed by atoms with Crippen molar-refractivity contribution < 1.29 is 4.42 Å². The minimum Gasteiger partial charge on any atom is -0.408 e. The molecule has 1 fully saturated rings. The summed E-state index contributed by atoms with van der Waals surface area (Å²) in [4.78, 5) is 16.4. The first-order valence-electron chi connectivity index (χ1n) is 7.12. The summed E-state index contributed by atoms with van der Waals surface area (Å²) in [6, 6.07) is 5.93. The van der Waals surface area contributed by atoms with Crippen LogP contribution < -0.4 is 11.1 Å². The summed E-state index contributed by atoms with van der Waals surface area (Å²) in [7, 11) is 0. The van der Waals surface area contributed by atoms with Gasteiger partial charge in [0.05, 0.1) is 5.52 Å². The van der Waals surface area contributed by atoms with E-state index in [1.165, 1.54) is 5.56 Å². The third kappa shape index (κ3) is 2.64. The SMILES string of the molecule is CC(C)(Cc1ccc2oc(=O)[nH]c2c1)N1CCNCC1. The van der Waals surface area contributed by atoms with Gasteiger partial charge in [0.25, 0.3) is 0 Å². The van der Waals surface area contributed by atoms with E-state index in [-0.39, 0.29) is 5.54 Å². The summed E-state index contributed by atoms with van der Waals surface area (Å²) >= 11 is 0. The second-order valence-electron chi connectivity index (χ2n) is 6.07. The van der Waals surface area contributed by atoms with Gasteiger partial charge in [0, 0.05) is 31.7 Å². The number of hydrogen-bond donors (Lipinski definition) is 2. The first-order valence-corrected chi connectivity index (χ1v) is 7.12. The molecule has 108 valence electrons. The second kappa shape index (κ2) is 5.07. The molecule has 0 amide bonds. The van der Waals surface area contributed by atoms with Crippen LogP contribution in [0.25, 0.3) is 11.1 Å². The molecule has 1 aliphatic heterocycles. The lowest BCUT2D eigenvalue weighted by atomic mass is 9.92. The Bertz CT molecular complexity index is 650. The molecule has 0 aliphatic carbocycles. The smallest absolute Gasteiger partial charge is 0.408 e. The highest BCUT2D eigenvalue weighted by atomic mass is 16.4. The normalized spacial score (nSPS) is 17.7. The van der Waals surface area contributed by atoms with Crippen LogP contribution in [-0.4, -0.2) is 41.6 Å². The summed E-state index contributed by atoms with van der Waals surface area (Å²) in [5.41, 5.74) is 2.74. The lowest BCUT2D eigenvalue weighted by Gasteiger charge is -2.41. The van der Waals surface area contributed by atoms with Crippen LogP contribution in [0, 0.1) is 0 Å². The van der Waals surface area contributed by atoms with E-state index < -0.39 is 5.76 Å². The number of nitrogens with one attached hydrogen (secondary N) is 2. The number of nitrogens with zero attached hydrogens (tertiary/aromatic N) is 1. The molecule has 2 aromatic rings. The van der Waals surface area contributed by atoms with Gasteiger partial charge >= 0.3 is 5.76 Å². The van der Waals surface area contributed by atoms with E-state index in [9.17, 15) is 4.79 Å². The highest BCUT2D eigenvalue weighted by molar-refractivity contribution is 5.72. The summed E-state index contributed by atoms with van der Waals surface area (Å²) in [6.45, 7) is 8.83. The number of benzene rings is 1. The topological polar surface area (TPSA) is 61.3 Å². The Morgan fingerprint density at radius 1 is 1.30 bits per heavy atom. The fourth-order valence-corrected chi connectivity index (χ4v) is 2.99. The molecular weight excluding hydrogens is 254 g/mol. The zero-order chi connectivity index (χ0) is 14.2. The molecule has 3 rings (SSSR count). The summed E-state index contributed by atoms with van der Waals surface area (Å²) in [5.74, 6) is -0.390. The molecule has 0 saturated carbocycles. The van der Waals surface area contributed by atoms with Crippen molar-refractivity contribution in [1.82, 2.24) is 15.2 Å². The molecule has 2 N–H and O–H groups in total. The minimum absolute atomic E-state index is 0.111. The molecule has 0 radical (unpaired) electrons. The molecule has 2 heterocycles. The van der Waals surface area contributed by atoms with E-state index in [0.717, 1.165) is 38.1 Å². The van der Waals surface area contributed by atoms with Gasteiger partial charge in [-0.2, -0.15) is 0 Å². The van der Waals surface area contributed by atoms with Gasteiger partial charge < -0.3 is 9.73 Å². The number of rotatable bonds is 3. The molecule has 1 saturated heterocycles. The quantitative estimate of drug-likeness (QED) is 0.887. The number of aromatic nitrogens is 1. The van der Waals surface area contributed by atoms with Crippen molar-refractivity contribution in [3.63, 3.8) is 0 Å². The van der Waals surface area contributed by atoms with E-state index in [0.29, 0.717) is 5.58 Å². The third-order valence-electron chi connectivity index (χ3n) is 4.09. The Labute approximate surface area is 118 Å². The molecule has 1 aromatic carbocycles. The minimum atomic E-state index is -0.390. The molecule has 5 heteroatoms. The fraction of sp³-hybridized carbons (Fsp3) is 0.533. The van der Waals surface area contributed by atoms with Gasteiger partial charge in [0.2, 0.25) is 0 Å². The Balaban J connectivity index is 1.81. The lowest BCUT2D eigenvalue weighted by molar-refractivity contribution is 0.104. The maximum Gasteiger partial charge on any atom is 0.417 e. The van der Waals surface area contributed by atoms with Gasteiger partial charge in [-0.1, -0.05) is 6.07 Å². The summed E-state index contributed by atoms with van der Waals surface area (Å²) in [6.07, 6.45) is 0.955. The average molecular weight is 275 g/mol. The molecule has 20 heavy (non-hydrogen) atoms. The third-order valence-corrected chi connectivity index (χ3v) is 4.09. The first-order chi connectivity index (χ1) is 9.54. The molecular formula is C15H21N3O2. The van der Waals surface area contributed by atoms with E-state index in [2.05, 4.69) is 29.0 Å². The van der Waals surface area contributed by atoms with E-state index >= 15 is 0 Å². The van der Waals surface area contributed by atoms with Crippen molar-refractivity contribution in [2.24, 2.45) is 0 Å². The van der Waals surface area contributed by atoms with Crippen molar-refractivity contribution in [3.05, 3.63) is 34.3 Å². The van der Waals surface area contributed by atoms with Crippen LogP contribution in [0.15, 0.2) is 27.4 Å². The van der Waals surface area contributed by atoms with Gasteiger partial charge in [-0.15, -0.1) is 0 Å². The predicted molar refractivity (Wildman–Crippen MR) is 79.1 cm³/mol. The highest BCUT2D eigenvalue weighted by Gasteiger charge is 2.28. The zero-order valence-corrected chi connectivity index (χ0v) is 12.0. The number of hydrogen-bond acceptors (Lipinski definition) is 4. The maximum atomic E-state index is 11.2. The number of piperazine rings is 1. The van der Waals surface area contributed by atoms with Crippen LogP contribution >= 0.6 is 0 Å². The van der Waals surface area contributed by atoms with Crippen LogP contribution in [0.4, 0.5) is 0 Å². The van der Waals surface area contributed by atoms with Crippen LogP contribution in [0.1, 0.15) is 19.4 Å². The monoisotopic (exact) mass is 275 g/mol. The molecule has 0 spiro atoms. The van der Waals surface area contributed by atoms with Crippen molar-refractivity contribution in [1.29, 1.82) is 0 Å². The van der Waals surface area contributed by atoms with Gasteiger partial charge in [-0.05, 0) is 38.0 Å². The van der Waals surface area contributed by atoms with Crippen LogP contribution in [-0.2, 0) is 6.42 Å². The average Bonchev–Trinajstić information content (AvgIpc) is 2.79. The maximum absolute atomic E-state index is 11.2. The number of H-pyrrole nitrogens is 1. The Morgan fingerprint density at radius 3 is 2.80 bits per heavy atom. The van der Waals surface area contributed by atoms with Crippen molar-refractivity contribution >= 4 is 11.1 Å². The Hall–Kier alpha value is -1.59. The summed E-state index contributed by atoms with van der Waals surface area (Å²) in [5, 5.41) is 3.38. The van der Waals surface area contributed by atoms with Crippen molar-refractivity contribution in [3.8, 4) is 0 Å². The van der Waals surface area contributed by atoms with Gasteiger partial charge in [0.1, 0.15) is 0 Å². The summed E-state index contributed by atoms with van der Waals surface area (Å²) < 4.78 is 5.04. The highest BCUT2D eigenvalue weighted by Crippen LogP contribution is 2.22. The van der Waals surface area contributed by atoms with E-state index in [4.69, 9.17) is 4.42 Å². The standard InChI is InChI=1S/C15H21N3O2/c1-15(2,18-7-5-16-6-8-18)10-11-3-4-13-12(9-11)17-14(19)20-13/h3-4,9,16H,5-8,10H2,1-2H3,(H,17,19). The van der Waals surface area contributed by atoms with Gasteiger partial charge in [-0.3, -0.25) is 9.88 Å². The van der Waals surface area contributed by atoms with Crippen LogP contribution in [0.5, 0.6) is 0 Å². The predicted octanol–water partition coefficient (Wildman–Crippen LogP) is 1.35. The lowest BCUT2D eigenvalue weighted by Crippen LogP contribution is -2.54. The van der Waals surface area contributed by atoms with Gasteiger partial charge in [-0.25, -0.2) is 4.79 Å². The number of aromatic amines is 1. The molecule has 0 bridgehead atoms. The first kappa shape index (κ1) is 13.4. The van der Waals surface area contributed by atoms with Crippen molar-refractivity contribution in [2.45, 2.75) is 25.8 Å². The molecule has 1 aliphatic rings. The fourth-order valence-electron chi connectivity index (χ4n) is 2.99. The number of oxazole rings is 1. The van der Waals surface area contributed by atoms with Gasteiger partial charge in [0.15, 0.2) is 5.58 Å². The zero-order valence-electron chi connectivity index (χ0n) is 12.0.